The van der Waals surface area contributed by atoms with Crippen molar-refractivity contribution in [3.63, 3.8) is 0 Å². The maximum Gasteiger partial charge on any atom is 0.207 e. The van der Waals surface area contributed by atoms with Gasteiger partial charge in [-0.2, -0.15) is 0 Å². The molecule has 0 radical (unpaired) electrons. The van der Waals surface area contributed by atoms with Gasteiger partial charge in [-0.05, 0) is 31.5 Å². The smallest absolute Gasteiger partial charge is 0.207 e. The van der Waals surface area contributed by atoms with E-state index >= 15 is 0 Å². The molecule has 2 rings (SSSR count). The molecule has 1 unspecified atom stereocenters. The van der Waals surface area contributed by atoms with Gasteiger partial charge in [-0.1, -0.05) is 6.92 Å². The van der Waals surface area contributed by atoms with Crippen LogP contribution in [0.25, 0.3) is 0 Å². The molecule has 3 heteroatoms. The first-order valence-electron chi connectivity index (χ1n) is 5.24. The largest absolute Gasteiger partial charge is 0.494 e. The fourth-order valence-electron chi connectivity index (χ4n) is 1.71. The molecule has 80 valence electrons. The average molecular weight is 206 g/mol. The molecular weight excluding hydrogens is 192 g/mol. The molecular formula is C12H14O3. The Hall–Kier alpha value is -1.51. The highest BCUT2D eigenvalue weighted by Gasteiger charge is 2.31. The van der Waals surface area contributed by atoms with Gasteiger partial charge in [0.15, 0.2) is 6.10 Å². The van der Waals surface area contributed by atoms with E-state index in [9.17, 15) is 4.79 Å². The fraction of sp³-hybridized carbons (Fsp3) is 0.417. The predicted octanol–water partition coefficient (Wildman–Crippen LogP) is 2.44. The van der Waals surface area contributed by atoms with Crippen LogP contribution in [-0.2, 0) is 0 Å². The van der Waals surface area contributed by atoms with Crippen molar-refractivity contribution in [2.45, 2.75) is 26.4 Å². The van der Waals surface area contributed by atoms with E-state index in [0.29, 0.717) is 24.3 Å². The first-order chi connectivity index (χ1) is 7.26. The maximum absolute atomic E-state index is 11.8. The Morgan fingerprint density at radius 1 is 1.40 bits per heavy atom. The number of carbonyl (C=O) groups is 1. The zero-order valence-corrected chi connectivity index (χ0v) is 8.95. The number of carbonyl (C=O) groups excluding carboxylic acids is 1. The third-order valence-electron chi connectivity index (χ3n) is 2.46. The first kappa shape index (κ1) is 10.0. The maximum atomic E-state index is 11.8. The zero-order chi connectivity index (χ0) is 10.8. The standard InChI is InChI=1S/C12H14O3/c1-3-10-12(13)9-7-8(14-4-2)5-6-11(9)15-10/h5-7,10H,3-4H2,1-2H3. The van der Waals surface area contributed by atoms with Crippen LogP contribution >= 0.6 is 0 Å². The summed E-state index contributed by atoms with van der Waals surface area (Å²) in [7, 11) is 0. The van der Waals surface area contributed by atoms with Crippen molar-refractivity contribution in [1.29, 1.82) is 0 Å². The molecule has 0 aliphatic carbocycles. The number of ketones is 1. The van der Waals surface area contributed by atoms with Crippen LogP contribution in [0.3, 0.4) is 0 Å². The molecule has 1 aromatic rings. The highest BCUT2D eigenvalue weighted by atomic mass is 16.5. The summed E-state index contributed by atoms with van der Waals surface area (Å²) in [5.41, 5.74) is 0.646. The average Bonchev–Trinajstić information content (AvgIpc) is 2.56. The highest BCUT2D eigenvalue weighted by Crippen LogP contribution is 2.32. The minimum atomic E-state index is -0.308. The number of rotatable bonds is 3. The molecule has 0 saturated heterocycles. The Kier molecular flexibility index (Phi) is 2.62. The van der Waals surface area contributed by atoms with Crippen LogP contribution in [0, 0.1) is 0 Å². The fourth-order valence-corrected chi connectivity index (χ4v) is 1.71. The van der Waals surface area contributed by atoms with Gasteiger partial charge < -0.3 is 9.47 Å². The molecule has 0 saturated carbocycles. The Balaban J connectivity index is 2.31. The van der Waals surface area contributed by atoms with Crippen molar-refractivity contribution in [3.05, 3.63) is 23.8 Å². The predicted molar refractivity (Wildman–Crippen MR) is 56.6 cm³/mol. The van der Waals surface area contributed by atoms with Gasteiger partial charge in [-0.15, -0.1) is 0 Å². The number of benzene rings is 1. The Bertz CT molecular complexity index is 384. The van der Waals surface area contributed by atoms with Gasteiger partial charge in [0.1, 0.15) is 11.5 Å². The molecule has 0 N–H and O–H groups in total. The molecule has 0 fully saturated rings. The van der Waals surface area contributed by atoms with E-state index < -0.39 is 0 Å². The van der Waals surface area contributed by atoms with E-state index in [1.807, 2.05) is 19.9 Å². The van der Waals surface area contributed by atoms with E-state index in [1.165, 1.54) is 0 Å². The number of hydrogen-bond acceptors (Lipinski definition) is 3. The van der Waals surface area contributed by atoms with E-state index in [4.69, 9.17) is 9.47 Å². The number of fused-ring (bicyclic) bond motifs is 1. The van der Waals surface area contributed by atoms with E-state index in [0.717, 1.165) is 5.75 Å². The normalized spacial score (nSPS) is 18.5. The number of Topliss-reactive ketones (excluding diaryl/α,β-unsaturated/α-hetero) is 1. The molecule has 1 aromatic carbocycles. The summed E-state index contributed by atoms with van der Waals surface area (Å²) in [5, 5.41) is 0. The van der Waals surface area contributed by atoms with Crippen molar-refractivity contribution in [1.82, 2.24) is 0 Å². The molecule has 1 aliphatic heterocycles. The van der Waals surface area contributed by atoms with Crippen molar-refractivity contribution < 1.29 is 14.3 Å². The van der Waals surface area contributed by atoms with Crippen molar-refractivity contribution >= 4 is 5.78 Å². The van der Waals surface area contributed by atoms with Gasteiger partial charge in [0.25, 0.3) is 0 Å². The topological polar surface area (TPSA) is 35.5 Å². The summed E-state index contributed by atoms with van der Waals surface area (Å²) in [4.78, 5) is 11.8. The van der Waals surface area contributed by atoms with E-state index in [1.54, 1.807) is 12.1 Å². The van der Waals surface area contributed by atoms with Crippen LogP contribution in [0.2, 0.25) is 0 Å². The summed E-state index contributed by atoms with van der Waals surface area (Å²) >= 11 is 0. The summed E-state index contributed by atoms with van der Waals surface area (Å²) in [5.74, 6) is 1.47. The first-order valence-corrected chi connectivity index (χ1v) is 5.24. The van der Waals surface area contributed by atoms with Crippen LogP contribution < -0.4 is 9.47 Å². The minimum Gasteiger partial charge on any atom is -0.494 e. The van der Waals surface area contributed by atoms with Crippen molar-refractivity contribution in [2.24, 2.45) is 0 Å². The minimum absolute atomic E-state index is 0.0639. The Labute approximate surface area is 89.0 Å². The van der Waals surface area contributed by atoms with Gasteiger partial charge in [0.05, 0.1) is 12.2 Å². The van der Waals surface area contributed by atoms with Crippen molar-refractivity contribution in [2.75, 3.05) is 6.61 Å². The molecule has 1 heterocycles. The van der Waals surface area contributed by atoms with Gasteiger partial charge in [-0.3, -0.25) is 4.79 Å². The SMILES string of the molecule is CCOc1ccc2c(c1)C(=O)C(CC)O2. The zero-order valence-electron chi connectivity index (χ0n) is 8.95. The van der Waals surface area contributed by atoms with Gasteiger partial charge in [0, 0.05) is 0 Å². The Morgan fingerprint density at radius 3 is 2.87 bits per heavy atom. The quantitative estimate of drug-likeness (QED) is 0.762. The number of ether oxygens (including phenoxy) is 2. The molecule has 15 heavy (non-hydrogen) atoms. The monoisotopic (exact) mass is 206 g/mol. The molecule has 3 nitrogen and oxygen atoms in total. The summed E-state index contributed by atoms with van der Waals surface area (Å²) in [6, 6.07) is 5.39. The molecule has 1 aliphatic rings. The lowest BCUT2D eigenvalue weighted by atomic mass is 10.1. The van der Waals surface area contributed by atoms with E-state index in [-0.39, 0.29) is 11.9 Å². The molecule has 1 atom stereocenters. The highest BCUT2D eigenvalue weighted by molar-refractivity contribution is 6.04. The summed E-state index contributed by atoms with van der Waals surface area (Å²) in [6.07, 6.45) is 0.397. The second-order valence-electron chi connectivity index (χ2n) is 3.47. The molecule has 0 spiro atoms. The van der Waals surface area contributed by atoms with E-state index in [2.05, 4.69) is 0 Å². The van der Waals surface area contributed by atoms with Crippen LogP contribution in [0.15, 0.2) is 18.2 Å². The lowest BCUT2D eigenvalue weighted by Crippen LogP contribution is -2.18. The molecule has 0 amide bonds. The van der Waals surface area contributed by atoms with Crippen LogP contribution in [0.4, 0.5) is 0 Å². The van der Waals surface area contributed by atoms with Crippen LogP contribution in [-0.4, -0.2) is 18.5 Å². The third kappa shape index (κ3) is 1.69. The van der Waals surface area contributed by atoms with Gasteiger partial charge >= 0.3 is 0 Å². The van der Waals surface area contributed by atoms with Gasteiger partial charge in [0.2, 0.25) is 5.78 Å². The molecule has 0 bridgehead atoms. The molecule has 0 aromatic heterocycles. The Morgan fingerprint density at radius 2 is 2.20 bits per heavy atom. The van der Waals surface area contributed by atoms with Gasteiger partial charge in [-0.25, -0.2) is 0 Å². The third-order valence-corrected chi connectivity index (χ3v) is 2.46. The summed E-state index contributed by atoms with van der Waals surface area (Å²) in [6.45, 7) is 4.46. The second-order valence-corrected chi connectivity index (χ2v) is 3.47. The van der Waals surface area contributed by atoms with Crippen LogP contribution in [0.5, 0.6) is 11.5 Å². The lowest BCUT2D eigenvalue weighted by molar-refractivity contribution is 0.0853. The lowest BCUT2D eigenvalue weighted by Gasteiger charge is -2.04. The second kappa shape index (κ2) is 3.93. The van der Waals surface area contributed by atoms with Crippen molar-refractivity contribution in [3.8, 4) is 11.5 Å². The number of hydrogen-bond donors (Lipinski definition) is 0. The summed E-state index contributed by atoms with van der Waals surface area (Å²) < 4.78 is 10.8. The van der Waals surface area contributed by atoms with Crippen LogP contribution in [0.1, 0.15) is 30.6 Å².